The average molecular weight is 270 g/mol. The Kier molecular flexibility index (Phi) is 12.0. The van der Waals surface area contributed by atoms with Gasteiger partial charge in [0.15, 0.2) is 0 Å². The molecule has 0 bridgehead atoms. The second-order valence-electron chi connectivity index (χ2n) is 4.99. The summed E-state index contributed by atoms with van der Waals surface area (Å²) in [5.41, 5.74) is 0. The van der Waals surface area contributed by atoms with Crippen molar-refractivity contribution in [3.63, 3.8) is 0 Å². The molecule has 0 saturated heterocycles. The first-order valence-electron chi connectivity index (χ1n) is 7.33. The number of hydrogen-bond donors (Lipinski definition) is 0. The summed E-state index contributed by atoms with van der Waals surface area (Å²) in [5, 5.41) is 35.2. The van der Waals surface area contributed by atoms with E-state index in [2.05, 4.69) is 24.3 Å². The van der Waals surface area contributed by atoms with Gasteiger partial charge in [0.05, 0.1) is 36.1 Å². The van der Waals surface area contributed by atoms with Crippen molar-refractivity contribution in [2.75, 3.05) is 0 Å². The number of hydrogen-bond acceptors (Lipinski definition) is 4. The first-order chi connectivity index (χ1) is 9.79. The molecule has 106 valence electrons. The van der Waals surface area contributed by atoms with Crippen LogP contribution in [0.25, 0.3) is 0 Å². The number of rotatable bonds is 11. The molecule has 0 rings (SSSR count). The molecule has 0 fully saturated rings. The SMILES string of the molecule is N#CCCCCC[C@@H](C#N)[C@@H](C#N)CCCCCC#N. The lowest BCUT2D eigenvalue weighted by atomic mass is 9.86. The first kappa shape index (κ1) is 18.0. The van der Waals surface area contributed by atoms with Gasteiger partial charge in [-0.05, 0) is 25.7 Å². The van der Waals surface area contributed by atoms with Crippen LogP contribution in [0, 0.1) is 57.2 Å². The summed E-state index contributed by atoms with van der Waals surface area (Å²) in [4.78, 5) is 0. The van der Waals surface area contributed by atoms with Crippen LogP contribution < -0.4 is 0 Å². The van der Waals surface area contributed by atoms with E-state index in [9.17, 15) is 10.5 Å². The summed E-state index contributed by atoms with van der Waals surface area (Å²) in [6.07, 6.45) is 8.10. The molecule has 4 nitrogen and oxygen atoms in total. The van der Waals surface area contributed by atoms with E-state index in [0.29, 0.717) is 12.8 Å². The highest BCUT2D eigenvalue weighted by Crippen LogP contribution is 2.23. The van der Waals surface area contributed by atoms with Crippen molar-refractivity contribution in [2.45, 2.75) is 64.2 Å². The van der Waals surface area contributed by atoms with Gasteiger partial charge in [0, 0.05) is 12.8 Å². The fourth-order valence-electron chi connectivity index (χ4n) is 2.20. The highest BCUT2D eigenvalue weighted by atomic mass is 14.3. The van der Waals surface area contributed by atoms with Crippen LogP contribution in [0.3, 0.4) is 0 Å². The van der Waals surface area contributed by atoms with E-state index in [4.69, 9.17) is 10.5 Å². The second-order valence-corrected chi connectivity index (χ2v) is 4.99. The molecular weight excluding hydrogens is 248 g/mol. The Morgan fingerprint density at radius 2 is 0.950 bits per heavy atom. The molecule has 0 aromatic rings. The molecule has 0 aliphatic heterocycles. The molecule has 20 heavy (non-hydrogen) atoms. The summed E-state index contributed by atoms with van der Waals surface area (Å²) < 4.78 is 0. The van der Waals surface area contributed by atoms with Crippen molar-refractivity contribution >= 4 is 0 Å². The summed E-state index contributed by atoms with van der Waals surface area (Å²) in [5.74, 6) is -0.392. The third-order valence-electron chi connectivity index (χ3n) is 3.42. The summed E-state index contributed by atoms with van der Waals surface area (Å²) in [6.45, 7) is 0. The van der Waals surface area contributed by atoms with Crippen molar-refractivity contribution in [2.24, 2.45) is 11.8 Å². The number of unbranched alkanes of at least 4 members (excludes halogenated alkanes) is 6. The van der Waals surface area contributed by atoms with Gasteiger partial charge in [-0.25, -0.2) is 0 Å². The van der Waals surface area contributed by atoms with Gasteiger partial charge in [-0.1, -0.05) is 25.7 Å². The van der Waals surface area contributed by atoms with E-state index in [1.807, 2.05) is 0 Å². The molecule has 0 spiro atoms. The topological polar surface area (TPSA) is 95.2 Å². The molecule has 0 unspecified atom stereocenters. The Labute approximate surface area is 122 Å². The maximum atomic E-state index is 9.17. The second kappa shape index (κ2) is 13.4. The minimum Gasteiger partial charge on any atom is -0.198 e. The van der Waals surface area contributed by atoms with E-state index in [1.165, 1.54) is 0 Å². The van der Waals surface area contributed by atoms with Crippen LogP contribution in [0.1, 0.15) is 64.2 Å². The predicted octanol–water partition coefficient (Wildman–Crippen LogP) is 4.21. The van der Waals surface area contributed by atoms with Crippen molar-refractivity contribution in [1.29, 1.82) is 21.0 Å². The molecular formula is C16H22N4. The number of nitrogens with zero attached hydrogens (tertiary/aromatic N) is 4. The smallest absolute Gasteiger partial charge is 0.0669 e. The summed E-state index contributed by atoms with van der Waals surface area (Å²) in [7, 11) is 0. The van der Waals surface area contributed by atoms with Gasteiger partial charge >= 0.3 is 0 Å². The minimum absolute atomic E-state index is 0.196. The van der Waals surface area contributed by atoms with E-state index < -0.39 is 0 Å². The Balaban J connectivity index is 3.93. The lowest BCUT2D eigenvalue weighted by molar-refractivity contribution is 0.405. The van der Waals surface area contributed by atoms with Crippen LogP contribution in [0.4, 0.5) is 0 Å². The molecule has 0 N–H and O–H groups in total. The van der Waals surface area contributed by atoms with Gasteiger partial charge in [-0.2, -0.15) is 21.0 Å². The van der Waals surface area contributed by atoms with Gasteiger partial charge in [0.2, 0.25) is 0 Å². The normalized spacial score (nSPS) is 12.4. The fraction of sp³-hybridized carbons (Fsp3) is 0.750. The molecule has 0 amide bonds. The van der Waals surface area contributed by atoms with Crippen LogP contribution >= 0.6 is 0 Å². The van der Waals surface area contributed by atoms with Gasteiger partial charge in [0.1, 0.15) is 0 Å². The standard InChI is InChI=1S/C16H22N4/c17-11-7-3-1-5-9-15(13-19)16(14-20)10-6-2-4-8-12-18/h15-16H,1-10H2/t15-,16+. The molecule has 0 radical (unpaired) electrons. The van der Waals surface area contributed by atoms with Crippen LogP contribution in [-0.4, -0.2) is 0 Å². The monoisotopic (exact) mass is 270 g/mol. The van der Waals surface area contributed by atoms with Crippen LogP contribution in [0.15, 0.2) is 0 Å². The zero-order chi connectivity index (χ0) is 15.1. The summed E-state index contributed by atoms with van der Waals surface area (Å²) >= 11 is 0. The molecule has 0 aliphatic rings. The van der Waals surface area contributed by atoms with E-state index in [0.717, 1.165) is 51.4 Å². The van der Waals surface area contributed by atoms with Crippen molar-refractivity contribution in [1.82, 2.24) is 0 Å². The van der Waals surface area contributed by atoms with E-state index in [1.54, 1.807) is 0 Å². The molecule has 0 aromatic carbocycles. The van der Waals surface area contributed by atoms with Crippen molar-refractivity contribution < 1.29 is 0 Å². The minimum atomic E-state index is -0.196. The lowest BCUT2D eigenvalue weighted by Crippen LogP contribution is -2.11. The van der Waals surface area contributed by atoms with Gasteiger partial charge in [0.25, 0.3) is 0 Å². The third kappa shape index (κ3) is 8.97. The largest absolute Gasteiger partial charge is 0.198 e. The molecule has 0 aromatic heterocycles. The average Bonchev–Trinajstić information content (AvgIpc) is 2.48. The Morgan fingerprint density at radius 3 is 1.25 bits per heavy atom. The quantitative estimate of drug-likeness (QED) is 0.525. The highest BCUT2D eigenvalue weighted by Gasteiger charge is 2.20. The maximum absolute atomic E-state index is 9.17. The van der Waals surface area contributed by atoms with Crippen molar-refractivity contribution in [3.8, 4) is 24.3 Å². The third-order valence-corrected chi connectivity index (χ3v) is 3.42. The van der Waals surface area contributed by atoms with E-state index >= 15 is 0 Å². The molecule has 0 aliphatic carbocycles. The predicted molar refractivity (Wildman–Crippen MR) is 75.6 cm³/mol. The maximum Gasteiger partial charge on any atom is 0.0669 e. The van der Waals surface area contributed by atoms with Crippen LogP contribution in [0.2, 0.25) is 0 Å². The fourth-order valence-corrected chi connectivity index (χ4v) is 2.20. The zero-order valence-corrected chi connectivity index (χ0v) is 12.0. The molecule has 0 saturated carbocycles. The van der Waals surface area contributed by atoms with Crippen LogP contribution in [-0.2, 0) is 0 Å². The van der Waals surface area contributed by atoms with Gasteiger partial charge in [-0.3, -0.25) is 0 Å². The zero-order valence-electron chi connectivity index (χ0n) is 12.0. The van der Waals surface area contributed by atoms with E-state index in [-0.39, 0.29) is 11.8 Å². The highest BCUT2D eigenvalue weighted by molar-refractivity contribution is 4.97. The Morgan fingerprint density at radius 1 is 0.550 bits per heavy atom. The van der Waals surface area contributed by atoms with Gasteiger partial charge < -0.3 is 0 Å². The lowest BCUT2D eigenvalue weighted by Gasteiger charge is -2.14. The van der Waals surface area contributed by atoms with Gasteiger partial charge in [-0.15, -0.1) is 0 Å². The molecule has 2 atom stereocenters. The Hall–Kier alpha value is -2.04. The van der Waals surface area contributed by atoms with Crippen LogP contribution in [0.5, 0.6) is 0 Å². The number of nitriles is 4. The molecule has 0 heterocycles. The first-order valence-corrected chi connectivity index (χ1v) is 7.33. The Bertz CT molecular complexity index is 362. The molecule has 4 heteroatoms. The summed E-state index contributed by atoms with van der Waals surface area (Å²) in [6, 6.07) is 8.73. The van der Waals surface area contributed by atoms with Crippen molar-refractivity contribution in [3.05, 3.63) is 0 Å².